The predicted molar refractivity (Wildman–Crippen MR) is 380 cm³/mol. The molecule has 3 aliphatic heterocycles. The van der Waals surface area contributed by atoms with E-state index in [1.54, 1.807) is 36.4 Å². The Morgan fingerprint density at radius 2 is 0.683 bits per heavy atom. The first-order valence-electron chi connectivity index (χ1n) is 34.1. The van der Waals surface area contributed by atoms with E-state index in [2.05, 4.69) is 30.2 Å². The van der Waals surface area contributed by atoms with Gasteiger partial charge < -0.3 is 66.7 Å². The number of hydrogen-bond acceptors (Lipinski definition) is 18. The number of hydrogen-bond donors (Lipinski definition) is 4. The Morgan fingerprint density at radius 1 is 0.386 bits per heavy atom. The van der Waals surface area contributed by atoms with Gasteiger partial charge in [0.1, 0.15) is 73.1 Å². The molecule has 8 aromatic rings. The van der Waals surface area contributed by atoms with Crippen molar-refractivity contribution in [1.82, 2.24) is 9.44 Å². The highest BCUT2D eigenvalue weighted by molar-refractivity contribution is 7.89. The van der Waals surface area contributed by atoms with Gasteiger partial charge in [-0.2, -0.15) is 0 Å². The van der Waals surface area contributed by atoms with E-state index in [9.17, 15) is 10.2 Å². The molecule has 3 aliphatic rings. The van der Waals surface area contributed by atoms with Crippen LogP contribution in [0.5, 0.6) is 0 Å². The highest BCUT2D eigenvalue weighted by atomic mass is 32.2. The minimum Gasteiger partial charge on any atom is -0.394 e. The number of nitrogens with one attached hydrogen (secondary N) is 2. The van der Waals surface area contributed by atoms with Gasteiger partial charge in [-0.25, -0.2) is 26.3 Å². The number of benzene rings is 8. The largest absolute Gasteiger partial charge is 0.394 e. The number of sulfonamides is 2. The van der Waals surface area contributed by atoms with Gasteiger partial charge in [-0.05, 0) is 75.8 Å². The second kappa shape index (κ2) is 35.6. The van der Waals surface area contributed by atoms with Crippen molar-refractivity contribution in [3.63, 3.8) is 0 Å². The van der Waals surface area contributed by atoms with Crippen molar-refractivity contribution in [2.75, 3.05) is 19.8 Å². The predicted octanol–water partition coefficient (Wildman–Crippen LogP) is 10.8. The first-order valence-corrected chi connectivity index (χ1v) is 39.9. The fourth-order valence-electron chi connectivity index (χ4n) is 12.1. The Hall–Kier alpha value is -6.76. The van der Waals surface area contributed by atoms with Crippen molar-refractivity contribution in [2.45, 2.75) is 180 Å². The van der Waals surface area contributed by atoms with Crippen LogP contribution < -0.4 is 9.44 Å². The Kier molecular flexibility index (Phi) is 26.6. The van der Waals surface area contributed by atoms with Crippen LogP contribution in [-0.2, 0) is 116 Å². The van der Waals surface area contributed by atoms with E-state index < -0.39 is 132 Å². The molecule has 0 spiro atoms. The average Bonchev–Trinajstić information content (AvgIpc) is 0.757. The maximum atomic E-state index is 15.5. The van der Waals surface area contributed by atoms with E-state index in [4.69, 9.17) is 56.5 Å². The molecule has 3 fully saturated rings. The maximum Gasteiger partial charge on any atom is 0.241 e. The molecule has 0 aliphatic carbocycles. The van der Waals surface area contributed by atoms with Crippen molar-refractivity contribution >= 4 is 28.4 Å². The Labute approximate surface area is 594 Å². The standard InChI is InChI=1S/C78H92N2O18S2Si/c1-78(2,3)101(4,5)98-76-67(80-100(85,86)62-44-28-13-29-45-62)73(91-51-59-38-22-10-23-39-59)70(65(95-76)54-88-48-56-32-16-7-17-33-56)96-75-66(79-99(83,84)61-42-26-12-27-43-61)72(90-50-58-36-20-9-21-37-58)71(64(94-75)53-87-47-55-30-14-6-15-31-55)97-77-74(92-52-60-40-24-11-25-41-60)68(82)69(63(46-81)93-77)89-49-57-34-18-8-19-35-57/h6-45,63-77,79-82H,46-54H2,1-5H3/t63?,64?,65?,66?,67?,68-,69-,70-,71-,72+,73-,74?,75-,76-,77-/m0/s1. The molecule has 0 saturated carbocycles. The van der Waals surface area contributed by atoms with Crippen molar-refractivity contribution in [3.8, 4) is 0 Å². The number of aliphatic hydroxyl groups excluding tert-OH is 2. The number of aliphatic hydroxyl groups is 2. The second-order valence-electron chi connectivity index (χ2n) is 26.8. The Bertz CT molecular complexity index is 3980. The van der Waals surface area contributed by atoms with Gasteiger partial charge in [0.25, 0.3) is 0 Å². The molecule has 0 radical (unpaired) electrons. The Balaban J connectivity index is 1.07. The maximum absolute atomic E-state index is 15.5. The summed E-state index contributed by atoms with van der Waals surface area (Å²) in [5.74, 6) is 0. The van der Waals surface area contributed by atoms with E-state index in [-0.39, 0.29) is 62.6 Å². The van der Waals surface area contributed by atoms with E-state index in [0.717, 1.165) is 27.8 Å². The minimum absolute atomic E-state index is 0.0351. The SMILES string of the molecule is CC(C)(C)[Si](C)(C)O[C@@H]1OC(COCc2ccccc2)[C@H](O[C@@H]2OC(COCc3ccccc3)[C@H](O[C@@H]3OC(CO)[C@H](OCc4ccccc4)[C@H](O)C3OCc3ccccc3)[C@H](OCc3ccccc3)C2NS(=O)(=O)c2ccccc2)[C@@H](OCc2ccccc2)C1NS(=O)(=O)c1ccccc1. The lowest BCUT2D eigenvalue weighted by atomic mass is 9.94. The molecule has 8 aromatic carbocycles. The molecular formula is C78H92N2O18S2Si. The molecule has 101 heavy (non-hydrogen) atoms. The molecule has 15 atom stereocenters. The van der Waals surface area contributed by atoms with E-state index in [0.29, 0.717) is 5.56 Å². The van der Waals surface area contributed by atoms with E-state index in [1.807, 2.05) is 195 Å². The van der Waals surface area contributed by atoms with Gasteiger partial charge in [-0.3, -0.25) is 0 Å². The van der Waals surface area contributed by atoms with Crippen LogP contribution in [0.1, 0.15) is 54.2 Å². The molecule has 6 unspecified atom stereocenters. The molecule has 20 nitrogen and oxygen atoms in total. The Morgan fingerprint density at radius 3 is 1.04 bits per heavy atom. The molecule has 538 valence electrons. The molecule has 23 heteroatoms. The summed E-state index contributed by atoms with van der Waals surface area (Å²) in [5, 5.41) is 23.6. The summed E-state index contributed by atoms with van der Waals surface area (Å²) in [6, 6.07) is 69.0. The van der Waals surface area contributed by atoms with Gasteiger partial charge in [0.2, 0.25) is 20.0 Å². The first kappa shape index (κ1) is 75.4. The van der Waals surface area contributed by atoms with Gasteiger partial charge in [0.15, 0.2) is 27.2 Å². The van der Waals surface area contributed by atoms with Gasteiger partial charge in [0, 0.05) is 0 Å². The summed E-state index contributed by atoms with van der Waals surface area (Å²) < 4.78 is 152. The molecule has 11 rings (SSSR count). The zero-order valence-corrected chi connectivity index (χ0v) is 60.0. The lowest BCUT2D eigenvalue weighted by Gasteiger charge is -2.52. The third-order valence-corrected chi connectivity index (χ3v) is 25.9. The van der Waals surface area contributed by atoms with Crippen LogP contribution in [0.3, 0.4) is 0 Å². The van der Waals surface area contributed by atoms with Crippen LogP contribution >= 0.6 is 0 Å². The van der Waals surface area contributed by atoms with Gasteiger partial charge in [-0.15, -0.1) is 0 Å². The van der Waals surface area contributed by atoms with Crippen LogP contribution in [0.15, 0.2) is 252 Å². The monoisotopic (exact) mass is 1440 g/mol. The summed E-state index contributed by atoms with van der Waals surface area (Å²) in [6.07, 6.45) is -18.1. The molecule has 0 amide bonds. The molecule has 3 heterocycles. The van der Waals surface area contributed by atoms with Crippen molar-refractivity contribution in [1.29, 1.82) is 0 Å². The van der Waals surface area contributed by atoms with Crippen molar-refractivity contribution < 1.29 is 83.6 Å². The fourth-order valence-corrected chi connectivity index (χ4v) is 15.7. The van der Waals surface area contributed by atoms with Gasteiger partial charge in [-0.1, -0.05) is 239 Å². The number of rotatable bonds is 33. The normalized spacial score (nSPS) is 25.9. The molecule has 4 N–H and O–H groups in total. The highest BCUT2D eigenvalue weighted by Crippen LogP contribution is 2.42. The highest BCUT2D eigenvalue weighted by Gasteiger charge is 2.58. The second-order valence-corrected chi connectivity index (χ2v) is 35.0. The van der Waals surface area contributed by atoms with Gasteiger partial charge in [0.05, 0.1) is 69.3 Å². The number of ether oxygens (including phenoxy) is 11. The van der Waals surface area contributed by atoms with E-state index in [1.165, 1.54) is 24.3 Å². The van der Waals surface area contributed by atoms with Crippen LogP contribution in [0, 0.1) is 0 Å². The topological polar surface area (TPSA) is 244 Å². The fraction of sp³-hybridized carbons (Fsp3) is 0.385. The lowest BCUT2D eigenvalue weighted by Crippen LogP contribution is -2.71. The summed E-state index contributed by atoms with van der Waals surface area (Å²) in [6.45, 7) is 9.12. The minimum atomic E-state index is -4.63. The summed E-state index contributed by atoms with van der Waals surface area (Å²) in [7, 11) is -12.0. The third-order valence-electron chi connectivity index (χ3n) is 18.5. The summed E-state index contributed by atoms with van der Waals surface area (Å²) in [4.78, 5) is -0.166. The summed E-state index contributed by atoms with van der Waals surface area (Å²) >= 11 is 0. The quantitative estimate of drug-likeness (QED) is 0.0279. The molecule has 0 aromatic heterocycles. The molecular weight excluding hydrogens is 1350 g/mol. The van der Waals surface area contributed by atoms with Crippen LogP contribution in [0.25, 0.3) is 0 Å². The van der Waals surface area contributed by atoms with E-state index >= 15 is 16.8 Å². The summed E-state index contributed by atoms with van der Waals surface area (Å²) in [5.41, 5.74) is 4.64. The van der Waals surface area contributed by atoms with Gasteiger partial charge >= 0.3 is 0 Å². The van der Waals surface area contributed by atoms with Crippen molar-refractivity contribution in [3.05, 3.63) is 276 Å². The zero-order chi connectivity index (χ0) is 70.8. The van der Waals surface area contributed by atoms with Crippen LogP contribution in [-0.4, -0.2) is 147 Å². The zero-order valence-electron chi connectivity index (χ0n) is 57.4. The van der Waals surface area contributed by atoms with Crippen LogP contribution in [0.4, 0.5) is 0 Å². The smallest absolute Gasteiger partial charge is 0.241 e. The lowest BCUT2D eigenvalue weighted by molar-refractivity contribution is -0.370. The van der Waals surface area contributed by atoms with Crippen molar-refractivity contribution in [2.24, 2.45) is 0 Å². The third kappa shape index (κ3) is 20.4. The average molecular weight is 1440 g/mol. The van der Waals surface area contributed by atoms with Crippen LogP contribution in [0.2, 0.25) is 18.1 Å². The molecule has 3 saturated heterocycles. The first-order chi connectivity index (χ1) is 48.8. The molecule has 0 bridgehead atoms.